The van der Waals surface area contributed by atoms with E-state index in [0.29, 0.717) is 29.0 Å². The summed E-state index contributed by atoms with van der Waals surface area (Å²) in [6, 6.07) is 8.29. The summed E-state index contributed by atoms with van der Waals surface area (Å²) in [7, 11) is 4.47. The maximum Gasteiger partial charge on any atom is 0.239 e. The smallest absolute Gasteiger partial charge is 0.239 e. The molecule has 0 spiro atoms. The summed E-state index contributed by atoms with van der Waals surface area (Å²) in [5.41, 5.74) is 1.88. The molecule has 0 fully saturated rings. The molecule has 1 heterocycles. The van der Waals surface area contributed by atoms with Gasteiger partial charge in [-0.3, -0.25) is 4.79 Å². The standard InChI is InChI=1S/C26H30O9/c1-16(2)6-11-19-21(33-14-30-4)12-20(27)22-23(28)26(34-15-31-5)24(35-25(19)22)17-7-9-18(10-8-17)32-13-29-3/h6-10,12,27H,11,13-15H2,1-5H3. The number of hydrogen-bond donors (Lipinski definition) is 1. The van der Waals surface area contributed by atoms with Gasteiger partial charge in [-0.05, 0) is 44.5 Å². The third-order valence-corrected chi connectivity index (χ3v) is 4.99. The molecule has 3 rings (SSSR count). The molecule has 9 nitrogen and oxygen atoms in total. The molecule has 0 saturated carbocycles. The topological polar surface area (TPSA) is 106 Å². The summed E-state index contributed by atoms with van der Waals surface area (Å²) in [5.74, 6) is 0.726. The van der Waals surface area contributed by atoms with Crippen molar-refractivity contribution < 1.29 is 37.9 Å². The van der Waals surface area contributed by atoms with Crippen molar-refractivity contribution in [3.63, 3.8) is 0 Å². The van der Waals surface area contributed by atoms with Crippen molar-refractivity contribution in [3.8, 4) is 34.3 Å². The molecule has 9 heteroatoms. The van der Waals surface area contributed by atoms with Gasteiger partial charge in [-0.25, -0.2) is 0 Å². The molecule has 0 bridgehead atoms. The molecule has 35 heavy (non-hydrogen) atoms. The largest absolute Gasteiger partial charge is 0.507 e. The highest BCUT2D eigenvalue weighted by atomic mass is 16.7. The van der Waals surface area contributed by atoms with Crippen molar-refractivity contribution in [2.45, 2.75) is 20.3 Å². The van der Waals surface area contributed by atoms with Gasteiger partial charge in [0, 0.05) is 38.5 Å². The van der Waals surface area contributed by atoms with Gasteiger partial charge in [0.2, 0.25) is 11.2 Å². The van der Waals surface area contributed by atoms with Gasteiger partial charge in [-0.2, -0.15) is 0 Å². The van der Waals surface area contributed by atoms with Crippen molar-refractivity contribution in [2.24, 2.45) is 0 Å². The lowest BCUT2D eigenvalue weighted by molar-refractivity contribution is 0.0493. The number of benzene rings is 2. The van der Waals surface area contributed by atoms with Crippen LogP contribution in [0.2, 0.25) is 0 Å². The minimum absolute atomic E-state index is 0.0122. The van der Waals surface area contributed by atoms with E-state index in [1.54, 1.807) is 24.3 Å². The van der Waals surface area contributed by atoms with Crippen LogP contribution in [0.1, 0.15) is 19.4 Å². The minimum Gasteiger partial charge on any atom is -0.507 e. The SMILES string of the molecule is COCOc1ccc(-c2oc3c(CC=C(C)C)c(OCOC)cc(O)c3c(=O)c2OCOC)cc1. The van der Waals surface area contributed by atoms with Crippen LogP contribution in [-0.4, -0.2) is 46.8 Å². The van der Waals surface area contributed by atoms with Crippen molar-refractivity contribution >= 4 is 11.0 Å². The predicted molar refractivity (Wildman–Crippen MR) is 130 cm³/mol. The Morgan fingerprint density at radius 3 is 2.20 bits per heavy atom. The molecule has 188 valence electrons. The van der Waals surface area contributed by atoms with Crippen LogP contribution in [0.25, 0.3) is 22.3 Å². The van der Waals surface area contributed by atoms with Crippen LogP contribution >= 0.6 is 0 Å². The van der Waals surface area contributed by atoms with Gasteiger partial charge < -0.3 is 37.9 Å². The molecule has 0 amide bonds. The Hall–Kier alpha value is -3.53. The Morgan fingerprint density at radius 1 is 0.943 bits per heavy atom. The van der Waals surface area contributed by atoms with E-state index in [1.165, 1.54) is 27.4 Å². The van der Waals surface area contributed by atoms with E-state index in [0.717, 1.165) is 5.57 Å². The molecule has 3 aromatic rings. The molecule has 0 radical (unpaired) electrons. The second kappa shape index (κ2) is 12.3. The summed E-state index contributed by atoms with van der Waals surface area (Å²) in [5, 5.41) is 10.7. The molecule has 2 aromatic carbocycles. The van der Waals surface area contributed by atoms with E-state index in [4.69, 9.17) is 32.8 Å². The van der Waals surface area contributed by atoms with E-state index in [2.05, 4.69) is 0 Å². The first kappa shape index (κ1) is 26.1. The third kappa shape index (κ3) is 6.13. The summed E-state index contributed by atoms with van der Waals surface area (Å²) < 4.78 is 38.0. The lowest BCUT2D eigenvalue weighted by atomic mass is 10.0. The minimum atomic E-state index is -0.535. The van der Waals surface area contributed by atoms with Gasteiger partial charge >= 0.3 is 0 Å². The fraction of sp³-hybridized carbons (Fsp3) is 0.346. The van der Waals surface area contributed by atoms with Gasteiger partial charge in [-0.15, -0.1) is 0 Å². The van der Waals surface area contributed by atoms with Gasteiger partial charge in [0.1, 0.15) is 28.2 Å². The highest BCUT2D eigenvalue weighted by Gasteiger charge is 2.24. The average Bonchev–Trinajstić information content (AvgIpc) is 2.84. The summed E-state index contributed by atoms with van der Waals surface area (Å²) in [6.07, 6.45) is 2.38. The summed E-state index contributed by atoms with van der Waals surface area (Å²) >= 11 is 0. The predicted octanol–water partition coefficient (Wildman–Crippen LogP) is 4.62. The number of methoxy groups -OCH3 is 3. The lowest BCUT2D eigenvalue weighted by Crippen LogP contribution is -2.13. The molecule has 1 aromatic heterocycles. The second-order valence-electron chi connectivity index (χ2n) is 7.83. The van der Waals surface area contributed by atoms with Crippen molar-refractivity contribution in [2.75, 3.05) is 41.7 Å². The number of aromatic hydroxyl groups is 1. The fourth-order valence-electron chi connectivity index (χ4n) is 3.38. The number of rotatable bonds is 12. The molecule has 0 aliphatic carbocycles. The van der Waals surface area contributed by atoms with Crippen LogP contribution < -0.4 is 19.6 Å². The zero-order valence-corrected chi connectivity index (χ0v) is 20.5. The van der Waals surface area contributed by atoms with Crippen LogP contribution in [0.4, 0.5) is 0 Å². The Kier molecular flexibility index (Phi) is 9.13. The van der Waals surface area contributed by atoms with Crippen LogP contribution in [0.15, 0.2) is 51.2 Å². The van der Waals surface area contributed by atoms with Crippen LogP contribution in [-0.2, 0) is 20.6 Å². The van der Waals surface area contributed by atoms with E-state index < -0.39 is 5.43 Å². The van der Waals surface area contributed by atoms with Crippen molar-refractivity contribution in [1.82, 2.24) is 0 Å². The second-order valence-corrected chi connectivity index (χ2v) is 7.83. The highest BCUT2D eigenvalue weighted by molar-refractivity contribution is 5.91. The van der Waals surface area contributed by atoms with E-state index in [9.17, 15) is 9.90 Å². The number of phenols is 1. The maximum atomic E-state index is 13.6. The van der Waals surface area contributed by atoms with E-state index >= 15 is 0 Å². The average molecular weight is 487 g/mol. The molecular weight excluding hydrogens is 456 g/mol. The monoisotopic (exact) mass is 486 g/mol. The molecular formula is C26H30O9. The number of allylic oxidation sites excluding steroid dienone is 2. The highest BCUT2D eigenvalue weighted by Crippen LogP contribution is 2.40. The Labute approximate surface area is 203 Å². The zero-order chi connectivity index (χ0) is 25.4. The fourth-order valence-corrected chi connectivity index (χ4v) is 3.38. The number of fused-ring (bicyclic) bond motifs is 1. The molecule has 0 saturated heterocycles. The number of hydrogen-bond acceptors (Lipinski definition) is 9. The van der Waals surface area contributed by atoms with Crippen molar-refractivity contribution in [3.05, 3.63) is 57.8 Å². The van der Waals surface area contributed by atoms with Gasteiger partial charge in [0.05, 0.1) is 0 Å². The number of ether oxygens (including phenoxy) is 6. The number of phenolic OH excluding ortho intramolecular Hbond substituents is 1. The molecule has 0 atom stereocenters. The Morgan fingerprint density at radius 2 is 1.57 bits per heavy atom. The van der Waals surface area contributed by atoms with Crippen LogP contribution in [0.3, 0.4) is 0 Å². The van der Waals surface area contributed by atoms with Gasteiger partial charge in [0.25, 0.3) is 0 Å². The first-order valence-corrected chi connectivity index (χ1v) is 10.9. The first-order valence-electron chi connectivity index (χ1n) is 10.9. The normalized spacial score (nSPS) is 10.9. The Bertz CT molecular complexity index is 1220. The lowest BCUT2D eigenvalue weighted by Gasteiger charge is -2.16. The zero-order valence-electron chi connectivity index (χ0n) is 20.5. The van der Waals surface area contributed by atoms with E-state index in [-0.39, 0.29) is 48.6 Å². The van der Waals surface area contributed by atoms with Gasteiger partial charge in [-0.1, -0.05) is 11.6 Å². The van der Waals surface area contributed by atoms with Crippen LogP contribution in [0.5, 0.6) is 23.0 Å². The third-order valence-electron chi connectivity index (χ3n) is 4.99. The Balaban J connectivity index is 2.29. The van der Waals surface area contributed by atoms with Gasteiger partial charge in [0.15, 0.2) is 26.1 Å². The first-order chi connectivity index (χ1) is 16.9. The quantitative estimate of drug-likeness (QED) is 0.290. The molecule has 0 unspecified atom stereocenters. The van der Waals surface area contributed by atoms with E-state index in [1.807, 2.05) is 19.9 Å². The van der Waals surface area contributed by atoms with Crippen molar-refractivity contribution in [1.29, 1.82) is 0 Å². The van der Waals surface area contributed by atoms with Crippen LogP contribution in [0, 0.1) is 0 Å². The maximum absolute atomic E-state index is 13.6. The molecule has 0 aliphatic rings. The summed E-state index contributed by atoms with van der Waals surface area (Å²) in [4.78, 5) is 13.6. The molecule has 0 aliphatic heterocycles. The molecule has 1 N–H and O–H groups in total. The summed E-state index contributed by atoms with van der Waals surface area (Å²) in [6.45, 7) is 3.80.